The summed E-state index contributed by atoms with van der Waals surface area (Å²) < 4.78 is 5.66. The molecule has 1 saturated heterocycles. The molecule has 0 aliphatic carbocycles. The van der Waals surface area contributed by atoms with Crippen molar-refractivity contribution in [1.29, 1.82) is 0 Å². The number of rotatable bonds is 7. The predicted molar refractivity (Wildman–Crippen MR) is 115 cm³/mol. The second kappa shape index (κ2) is 13.7. The number of nitrogens with two attached hydrogens (primary N) is 1. The van der Waals surface area contributed by atoms with Gasteiger partial charge >= 0.3 is 6.03 Å². The number of aliphatic carboxylic acids is 1. The Morgan fingerprint density at radius 2 is 1.93 bits per heavy atom. The number of urea groups is 1. The molecule has 0 bridgehead atoms. The van der Waals surface area contributed by atoms with E-state index in [0.717, 1.165) is 19.8 Å². The molecule has 1 heterocycles. The van der Waals surface area contributed by atoms with E-state index in [1.807, 2.05) is 6.92 Å². The second-order valence-electron chi connectivity index (χ2n) is 6.72. The van der Waals surface area contributed by atoms with Crippen LogP contribution in [0.1, 0.15) is 43.5 Å². The standard InChI is InChI=1S/C18H27ClN4O3.C2H4O2/c1-2-21-18(25)23-9-6-14(7-10-23)22-17(24)15-5-4-13(19)12-16(15)26-11-3-8-20;1-2(3)4/h4-5,12,14H,2-3,6-11,20H2,1H3,(H,21,25)(H,22,24);1H3,(H,3,4). The van der Waals surface area contributed by atoms with Crippen LogP contribution in [0, 0.1) is 0 Å². The molecule has 0 atom stereocenters. The minimum absolute atomic E-state index is 0.0285. The van der Waals surface area contributed by atoms with Crippen LogP contribution in [0.3, 0.4) is 0 Å². The lowest BCUT2D eigenvalue weighted by molar-refractivity contribution is -0.134. The van der Waals surface area contributed by atoms with E-state index < -0.39 is 5.97 Å². The molecule has 2 rings (SSSR count). The van der Waals surface area contributed by atoms with Crippen LogP contribution in [0.2, 0.25) is 5.02 Å². The molecular formula is C20H31ClN4O5. The minimum atomic E-state index is -0.833. The summed E-state index contributed by atoms with van der Waals surface area (Å²) in [5.74, 6) is -0.566. The molecule has 1 aromatic rings. The van der Waals surface area contributed by atoms with Crippen LogP contribution in [-0.2, 0) is 4.79 Å². The molecule has 1 aliphatic heterocycles. The Morgan fingerprint density at radius 3 is 2.50 bits per heavy atom. The van der Waals surface area contributed by atoms with Crippen molar-refractivity contribution in [2.24, 2.45) is 5.73 Å². The number of nitrogens with one attached hydrogen (secondary N) is 2. The van der Waals surface area contributed by atoms with E-state index in [1.54, 1.807) is 23.1 Å². The number of carboxylic acid groups (broad SMARTS) is 1. The van der Waals surface area contributed by atoms with E-state index in [-0.39, 0.29) is 18.0 Å². The van der Waals surface area contributed by atoms with Crippen LogP contribution in [0.5, 0.6) is 5.75 Å². The summed E-state index contributed by atoms with van der Waals surface area (Å²) in [6, 6.07) is 4.96. The Morgan fingerprint density at radius 1 is 1.30 bits per heavy atom. The number of carbonyl (C=O) groups is 3. The summed E-state index contributed by atoms with van der Waals surface area (Å²) >= 11 is 6.02. The molecule has 3 amide bonds. The van der Waals surface area contributed by atoms with Gasteiger partial charge in [-0.05, 0) is 50.9 Å². The van der Waals surface area contributed by atoms with Crippen LogP contribution in [-0.4, -0.2) is 66.7 Å². The number of amides is 3. The highest BCUT2D eigenvalue weighted by molar-refractivity contribution is 6.30. The van der Waals surface area contributed by atoms with Gasteiger partial charge in [-0.3, -0.25) is 9.59 Å². The lowest BCUT2D eigenvalue weighted by atomic mass is 10.0. The number of carbonyl (C=O) groups excluding carboxylic acids is 2. The minimum Gasteiger partial charge on any atom is -0.493 e. The van der Waals surface area contributed by atoms with Crippen LogP contribution < -0.4 is 21.1 Å². The number of ether oxygens (including phenoxy) is 1. The molecule has 9 nitrogen and oxygen atoms in total. The highest BCUT2D eigenvalue weighted by Crippen LogP contribution is 2.24. The van der Waals surface area contributed by atoms with Gasteiger partial charge in [0, 0.05) is 37.6 Å². The van der Waals surface area contributed by atoms with Crippen molar-refractivity contribution in [3.8, 4) is 5.75 Å². The summed E-state index contributed by atoms with van der Waals surface area (Å²) in [6.07, 6.45) is 2.14. The normalized spacial score (nSPS) is 13.7. The molecule has 10 heteroatoms. The third-order valence-electron chi connectivity index (χ3n) is 4.24. The van der Waals surface area contributed by atoms with Crippen LogP contribution in [0.4, 0.5) is 4.79 Å². The molecule has 5 N–H and O–H groups in total. The smallest absolute Gasteiger partial charge is 0.317 e. The lowest BCUT2D eigenvalue weighted by Crippen LogP contribution is -2.49. The Balaban J connectivity index is 0.00000103. The van der Waals surface area contributed by atoms with Crippen molar-refractivity contribution in [3.05, 3.63) is 28.8 Å². The van der Waals surface area contributed by atoms with E-state index in [2.05, 4.69) is 10.6 Å². The maximum absolute atomic E-state index is 12.6. The van der Waals surface area contributed by atoms with Crippen molar-refractivity contribution in [3.63, 3.8) is 0 Å². The molecule has 168 valence electrons. The fraction of sp³-hybridized carbons (Fsp3) is 0.550. The van der Waals surface area contributed by atoms with Gasteiger partial charge < -0.3 is 31.1 Å². The first-order chi connectivity index (χ1) is 14.3. The zero-order valence-electron chi connectivity index (χ0n) is 17.4. The number of piperidine rings is 1. The Bertz CT molecular complexity index is 704. The molecule has 30 heavy (non-hydrogen) atoms. The van der Waals surface area contributed by atoms with Gasteiger partial charge in [-0.25, -0.2) is 4.79 Å². The van der Waals surface area contributed by atoms with Crippen LogP contribution in [0.15, 0.2) is 18.2 Å². The van der Waals surface area contributed by atoms with E-state index >= 15 is 0 Å². The summed E-state index contributed by atoms with van der Waals surface area (Å²) in [5.41, 5.74) is 5.93. The zero-order chi connectivity index (χ0) is 22.5. The van der Waals surface area contributed by atoms with E-state index in [9.17, 15) is 9.59 Å². The number of benzene rings is 1. The van der Waals surface area contributed by atoms with Gasteiger partial charge in [-0.2, -0.15) is 0 Å². The molecule has 0 radical (unpaired) electrons. The summed E-state index contributed by atoms with van der Waals surface area (Å²) in [4.78, 5) is 35.3. The maximum Gasteiger partial charge on any atom is 0.317 e. The average molecular weight is 443 g/mol. The van der Waals surface area contributed by atoms with Crippen LogP contribution >= 0.6 is 11.6 Å². The Hall–Kier alpha value is -2.52. The maximum atomic E-state index is 12.6. The van der Waals surface area contributed by atoms with Crippen molar-refractivity contribution in [2.75, 3.05) is 32.8 Å². The third-order valence-corrected chi connectivity index (χ3v) is 4.47. The number of hydrogen-bond donors (Lipinski definition) is 4. The molecular weight excluding hydrogens is 412 g/mol. The Labute approximate surface area is 181 Å². The molecule has 0 aromatic heterocycles. The second-order valence-corrected chi connectivity index (χ2v) is 7.16. The van der Waals surface area contributed by atoms with E-state index in [4.69, 9.17) is 32.0 Å². The number of carboxylic acids is 1. The molecule has 0 saturated carbocycles. The third kappa shape index (κ3) is 9.32. The van der Waals surface area contributed by atoms with E-state index in [1.165, 1.54) is 0 Å². The molecule has 1 aliphatic rings. The molecule has 0 unspecified atom stereocenters. The number of hydrogen-bond acceptors (Lipinski definition) is 5. The molecule has 1 fully saturated rings. The van der Waals surface area contributed by atoms with Crippen molar-refractivity contribution < 1.29 is 24.2 Å². The zero-order valence-corrected chi connectivity index (χ0v) is 18.2. The summed E-state index contributed by atoms with van der Waals surface area (Å²) in [5, 5.41) is 13.8. The SMILES string of the molecule is CC(=O)O.CCNC(=O)N1CCC(NC(=O)c2ccc(Cl)cc2OCCCN)CC1. The van der Waals surface area contributed by atoms with Gasteiger partial charge in [0.05, 0.1) is 12.2 Å². The molecule has 0 spiro atoms. The first kappa shape index (κ1) is 25.5. The van der Waals surface area contributed by atoms with Gasteiger partial charge in [0.15, 0.2) is 0 Å². The Kier molecular flexibility index (Phi) is 11.6. The fourth-order valence-corrected chi connectivity index (χ4v) is 2.98. The number of halogens is 1. The first-order valence-electron chi connectivity index (χ1n) is 9.94. The fourth-order valence-electron chi connectivity index (χ4n) is 2.82. The molecule has 1 aromatic carbocycles. The summed E-state index contributed by atoms with van der Waals surface area (Å²) in [6.45, 7) is 5.78. The first-order valence-corrected chi connectivity index (χ1v) is 10.3. The predicted octanol–water partition coefficient (Wildman–Crippen LogP) is 2.08. The topological polar surface area (TPSA) is 134 Å². The van der Waals surface area contributed by atoms with Gasteiger partial charge in [0.2, 0.25) is 0 Å². The summed E-state index contributed by atoms with van der Waals surface area (Å²) in [7, 11) is 0. The average Bonchev–Trinajstić information content (AvgIpc) is 2.68. The van der Waals surface area contributed by atoms with Crippen molar-refractivity contribution >= 4 is 29.5 Å². The largest absolute Gasteiger partial charge is 0.493 e. The van der Waals surface area contributed by atoms with Gasteiger partial charge in [-0.15, -0.1) is 0 Å². The highest BCUT2D eigenvalue weighted by atomic mass is 35.5. The quantitative estimate of drug-likeness (QED) is 0.477. The number of nitrogens with zero attached hydrogens (tertiary/aromatic N) is 1. The van der Waals surface area contributed by atoms with Crippen molar-refractivity contribution in [2.45, 2.75) is 39.2 Å². The van der Waals surface area contributed by atoms with Gasteiger partial charge in [0.1, 0.15) is 5.75 Å². The number of likely N-dealkylation sites (tertiary alicyclic amines) is 1. The lowest BCUT2D eigenvalue weighted by Gasteiger charge is -2.32. The highest BCUT2D eigenvalue weighted by Gasteiger charge is 2.24. The van der Waals surface area contributed by atoms with Gasteiger partial charge in [0.25, 0.3) is 11.9 Å². The van der Waals surface area contributed by atoms with E-state index in [0.29, 0.717) is 55.5 Å². The van der Waals surface area contributed by atoms with Crippen molar-refractivity contribution in [1.82, 2.24) is 15.5 Å². The van der Waals surface area contributed by atoms with Gasteiger partial charge in [-0.1, -0.05) is 11.6 Å². The van der Waals surface area contributed by atoms with Crippen LogP contribution in [0.25, 0.3) is 0 Å². The monoisotopic (exact) mass is 442 g/mol.